The molecule has 0 N–H and O–H groups in total. The lowest BCUT2D eigenvalue weighted by Gasteiger charge is -2.29. The number of hydrogen-bond donors (Lipinski definition) is 0. The number of fused-ring (bicyclic) bond motifs is 17. The molecule has 97 heavy (non-hydrogen) atoms. The lowest BCUT2D eigenvalue weighted by Crippen LogP contribution is -2.16. The van der Waals surface area contributed by atoms with Crippen LogP contribution in [0.25, 0.3) is 88.1 Å². The molecular weight excluding hydrogens is 1190 g/mol. The molecule has 2 aliphatic carbocycles. The first-order valence-corrected chi connectivity index (χ1v) is 33.4. The standard InChI is InChI=1S/C90H64N4O3/c1-89(2)76-31-19-17-29-69(76)71-45-41-65(53-78(71)89)93(63-37-33-61(34-38-63)91(57-21-9-5-10-22-57)58-23-11-6-12-24-58)67-43-47-73-83(55-67)95-80-51-52-81-86(85(73)80)75-49-50-82-87(88(75)97-81)74-48-44-68(56-84(74)96-82)94(66-42-46-72-70-30-18-20-32-77(70)90(3,4)79(72)54-66)64-39-35-62(36-40-64)92(59-25-13-7-14-26-59)60-27-15-8-16-28-60/h5-56H,1-4H3. The van der Waals surface area contributed by atoms with Crippen LogP contribution in [0.4, 0.5) is 68.2 Å². The zero-order valence-corrected chi connectivity index (χ0v) is 54.0. The molecule has 2 aliphatic rings. The minimum absolute atomic E-state index is 0.192. The molecule has 17 aromatic rings. The normalized spacial score (nSPS) is 13.3. The van der Waals surface area contributed by atoms with E-state index in [9.17, 15) is 0 Å². The number of hydrogen-bond acceptors (Lipinski definition) is 7. The third-order valence-corrected chi connectivity index (χ3v) is 20.6. The van der Waals surface area contributed by atoms with Crippen LogP contribution < -0.4 is 19.6 Å². The van der Waals surface area contributed by atoms with E-state index in [1.54, 1.807) is 0 Å². The van der Waals surface area contributed by atoms with Crippen molar-refractivity contribution in [3.05, 3.63) is 338 Å². The summed E-state index contributed by atoms with van der Waals surface area (Å²) in [6.45, 7) is 9.37. The van der Waals surface area contributed by atoms with E-state index in [1.165, 1.54) is 44.5 Å². The third-order valence-electron chi connectivity index (χ3n) is 20.6. The van der Waals surface area contributed by atoms with E-state index in [0.29, 0.717) is 0 Å². The van der Waals surface area contributed by atoms with Crippen LogP contribution >= 0.6 is 0 Å². The first-order valence-electron chi connectivity index (χ1n) is 33.4. The van der Waals surface area contributed by atoms with Gasteiger partial charge in [-0.05, 0) is 214 Å². The number of rotatable bonds is 12. The second kappa shape index (κ2) is 21.6. The van der Waals surface area contributed by atoms with Crippen molar-refractivity contribution in [3.8, 4) is 22.3 Å². The Morgan fingerprint density at radius 3 is 0.907 bits per heavy atom. The van der Waals surface area contributed by atoms with E-state index in [-0.39, 0.29) is 10.8 Å². The summed E-state index contributed by atoms with van der Waals surface area (Å²) in [4.78, 5) is 9.34. The highest BCUT2D eigenvalue weighted by Gasteiger charge is 2.38. The molecular formula is C90H64N4O3. The molecule has 462 valence electrons. The third kappa shape index (κ3) is 8.81. The Morgan fingerprint density at radius 2 is 0.485 bits per heavy atom. The molecule has 3 aromatic heterocycles. The van der Waals surface area contributed by atoms with Gasteiger partial charge < -0.3 is 32.9 Å². The van der Waals surface area contributed by atoms with Crippen LogP contribution in [0.5, 0.6) is 0 Å². The molecule has 0 fully saturated rings. The molecule has 0 unspecified atom stereocenters. The van der Waals surface area contributed by atoms with Crippen molar-refractivity contribution in [3.63, 3.8) is 0 Å². The molecule has 0 aliphatic heterocycles. The van der Waals surface area contributed by atoms with Crippen molar-refractivity contribution in [2.45, 2.75) is 38.5 Å². The monoisotopic (exact) mass is 1250 g/mol. The molecule has 14 aromatic carbocycles. The number of anilines is 12. The highest BCUT2D eigenvalue weighted by atomic mass is 16.3. The first-order chi connectivity index (χ1) is 47.6. The number of furan rings is 3. The number of benzene rings is 14. The topological polar surface area (TPSA) is 52.4 Å². The van der Waals surface area contributed by atoms with E-state index in [1.807, 2.05) is 0 Å². The zero-order chi connectivity index (χ0) is 64.7. The van der Waals surface area contributed by atoms with Crippen LogP contribution in [-0.2, 0) is 10.8 Å². The second-order valence-electron chi connectivity index (χ2n) is 26.8. The summed E-state index contributed by atoms with van der Waals surface area (Å²) in [5, 5.41) is 5.94. The minimum atomic E-state index is -0.193. The highest BCUT2D eigenvalue weighted by molar-refractivity contribution is 6.30. The molecule has 0 saturated carbocycles. The fourth-order valence-electron chi connectivity index (χ4n) is 16.0. The zero-order valence-electron chi connectivity index (χ0n) is 54.0. The van der Waals surface area contributed by atoms with E-state index < -0.39 is 0 Å². The smallest absolute Gasteiger partial charge is 0.147 e. The SMILES string of the molecule is CC1(C)c2ccccc2-c2ccc(N(c3ccc(N(c4ccccc4)c4ccccc4)cc3)c3ccc4c(c3)oc3ccc5c(oc6ccc7oc8cc(N(c9ccc(N(c%10ccccc%10)c%10ccccc%10)cc9)c9ccc%10c(c9)C(C)(C)c9ccccc9-%10)ccc8c7c65)c34)cc21. The fourth-order valence-corrected chi connectivity index (χ4v) is 16.0. The van der Waals surface area contributed by atoms with Crippen molar-refractivity contribution in [2.24, 2.45) is 0 Å². The van der Waals surface area contributed by atoms with Gasteiger partial charge in [-0.3, -0.25) is 0 Å². The van der Waals surface area contributed by atoms with Crippen molar-refractivity contribution in [1.29, 1.82) is 0 Å². The highest BCUT2D eigenvalue weighted by Crippen LogP contribution is 2.54. The molecule has 0 amide bonds. The van der Waals surface area contributed by atoms with Crippen molar-refractivity contribution in [1.82, 2.24) is 0 Å². The Labute approximate surface area is 562 Å². The van der Waals surface area contributed by atoms with Gasteiger partial charge in [0.1, 0.15) is 33.5 Å². The predicted octanol–water partition coefficient (Wildman–Crippen LogP) is 25.9. The van der Waals surface area contributed by atoms with E-state index in [4.69, 9.17) is 13.3 Å². The van der Waals surface area contributed by atoms with Crippen LogP contribution in [-0.4, -0.2) is 0 Å². The van der Waals surface area contributed by atoms with Gasteiger partial charge in [0.15, 0.2) is 0 Å². The summed E-state index contributed by atoms with van der Waals surface area (Å²) in [7, 11) is 0. The molecule has 0 atom stereocenters. The molecule has 0 saturated heterocycles. The van der Waals surface area contributed by atoms with Crippen LogP contribution in [0.15, 0.2) is 329 Å². The van der Waals surface area contributed by atoms with Crippen molar-refractivity contribution in [2.75, 3.05) is 19.6 Å². The van der Waals surface area contributed by atoms with Gasteiger partial charge in [0, 0.05) is 118 Å². The largest absolute Gasteiger partial charge is 0.456 e. The van der Waals surface area contributed by atoms with Crippen LogP contribution in [0.3, 0.4) is 0 Å². The molecule has 0 bridgehead atoms. The summed E-state index contributed by atoms with van der Waals surface area (Å²) in [6, 6.07) is 113. The van der Waals surface area contributed by atoms with Crippen LogP contribution in [0.1, 0.15) is 49.9 Å². The average molecular weight is 1250 g/mol. The maximum Gasteiger partial charge on any atom is 0.147 e. The average Bonchev–Trinajstić information content (AvgIpc) is 1.69. The van der Waals surface area contributed by atoms with Gasteiger partial charge in [0.05, 0.1) is 5.39 Å². The maximum atomic E-state index is 7.07. The van der Waals surface area contributed by atoms with Crippen LogP contribution in [0, 0.1) is 0 Å². The van der Waals surface area contributed by atoms with Crippen molar-refractivity contribution >= 4 is 134 Å². The number of nitrogens with zero attached hydrogens (tertiary/aromatic N) is 4. The summed E-state index contributed by atoms with van der Waals surface area (Å²) in [5.74, 6) is 0. The van der Waals surface area contributed by atoms with Gasteiger partial charge >= 0.3 is 0 Å². The molecule has 0 radical (unpaired) electrons. The summed E-state index contributed by atoms with van der Waals surface area (Å²) < 4.78 is 21.0. The second-order valence-corrected chi connectivity index (χ2v) is 26.8. The molecule has 7 nitrogen and oxygen atoms in total. The van der Waals surface area contributed by atoms with Gasteiger partial charge in [0.25, 0.3) is 0 Å². The molecule has 0 spiro atoms. The van der Waals surface area contributed by atoms with E-state index in [2.05, 4.69) is 363 Å². The quantitative estimate of drug-likeness (QED) is 0.121. The maximum absolute atomic E-state index is 7.07. The lowest BCUT2D eigenvalue weighted by atomic mass is 9.82. The Morgan fingerprint density at radius 1 is 0.206 bits per heavy atom. The Balaban J connectivity index is 0.724. The molecule has 19 rings (SSSR count). The lowest BCUT2D eigenvalue weighted by molar-refractivity contribution is 0.660. The van der Waals surface area contributed by atoms with Gasteiger partial charge in [-0.2, -0.15) is 0 Å². The van der Waals surface area contributed by atoms with E-state index in [0.717, 1.165) is 134 Å². The van der Waals surface area contributed by atoms with Gasteiger partial charge in [-0.25, -0.2) is 0 Å². The summed E-state index contributed by atoms with van der Waals surface area (Å²) >= 11 is 0. The van der Waals surface area contributed by atoms with Crippen LogP contribution in [0.2, 0.25) is 0 Å². The summed E-state index contributed by atoms with van der Waals surface area (Å²) in [5.41, 5.74) is 27.3. The van der Waals surface area contributed by atoms with Crippen molar-refractivity contribution < 1.29 is 13.3 Å². The van der Waals surface area contributed by atoms with E-state index >= 15 is 0 Å². The minimum Gasteiger partial charge on any atom is -0.456 e. The Kier molecular flexibility index (Phi) is 12.5. The van der Waals surface area contributed by atoms with Gasteiger partial charge in [-0.15, -0.1) is 0 Å². The molecule has 3 heterocycles. The van der Waals surface area contributed by atoms with Gasteiger partial charge in [0.2, 0.25) is 0 Å². The van der Waals surface area contributed by atoms with Gasteiger partial charge in [-0.1, -0.05) is 161 Å². The predicted molar refractivity (Wildman–Crippen MR) is 402 cm³/mol. The molecule has 7 heteroatoms. The Bertz CT molecular complexity index is 5870. The Hall–Kier alpha value is -12.3. The summed E-state index contributed by atoms with van der Waals surface area (Å²) in [6.07, 6.45) is 0. The number of para-hydroxylation sites is 4. The fraction of sp³-hybridized carbons (Fsp3) is 0.0667. The first kappa shape index (κ1) is 56.2.